The topological polar surface area (TPSA) is 46.2 Å². The molecule has 0 aliphatic heterocycles. The van der Waals surface area contributed by atoms with Gasteiger partial charge in [-0.1, -0.05) is 6.08 Å². The highest BCUT2D eigenvalue weighted by molar-refractivity contribution is 5.30. The summed E-state index contributed by atoms with van der Waals surface area (Å²) >= 11 is 0. The third kappa shape index (κ3) is 1.27. The van der Waals surface area contributed by atoms with Gasteiger partial charge in [0, 0.05) is 12.5 Å². The molecule has 0 aromatic heterocycles. The molecule has 0 aromatic rings. The van der Waals surface area contributed by atoms with Crippen molar-refractivity contribution in [3.63, 3.8) is 0 Å². The molecule has 2 rings (SSSR count). The maximum absolute atomic E-state index is 9.31. The number of hydrogen-bond donors (Lipinski definition) is 2. The van der Waals surface area contributed by atoms with Gasteiger partial charge in [0.1, 0.15) is 0 Å². The smallest absolute Gasteiger partial charge is 0.0925 e. The Balaban J connectivity index is 2.25. The van der Waals surface area contributed by atoms with E-state index in [0.29, 0.717) is 17.7 Å². The Bertz CT molecular complexity index is 242. The standard InChI is InChI=1S/C10H15NO/c11-10-3-1-2-7-6-8(12)4-5-9(7)10/h2,6,9-10,12H,1,3-5,11H2. The van der Waals surface area contributed by atoms with Gasteiger partial charge in [0.05, 0.1) is 5.76 Å². The van der Waals surface area contributed by atoms with E-state index in [1.165, 1.54) is 5.57 Å². The van der Waals surface area contributed by atoms with Crippen LogP contribution >= 0.6 is 0 Å². The predicted molar refractivity (Wildman–Crippen MR) is 48.7 cm³/mol. The first-order valence-corrected chi connectivity index (χ1v) is 4.62. The van der Waals surface area contributed by atoms with Crippen molar-refractivity contribution < 1.29 is 5.11 Å². The lowest BCUT2D eigenvalue weighted by Crippen LogP contribution is -2.34. The van der Waals surface area contributed by atoms with E-state index < -0.39 is 0 Å². The fraction of sp³-hybridized carbons (Fsp3) is 0.600. The highest BCUT2D eigenvalue weighted by atomic mass is 16.3. The molecule has 2 unspecified atom stereocenters. The molecule has 2 heteroatoms. The van der Waals surface area contributed by atoms with Crippen LogP contribution in [-0.4, -0.2) is 11.1 Å². The van der Waals surface area contributed by atoms with Crippen LogP contribution in [0.2, 0.25) is 0 Å². The third-order valence-electron chi connectivity index (χ3n) is 2.87. The summed E-state index contributed by atoms with van der Waals surface area (Å²) in [6.07, 6.45) is 8.10. The first-order valence-electron chi connectivity index (χ1n) is 4.62. The Morgan fingerprint density at radius 1 is 1.42 bits per heavy atom. The Kier molecular flexibility index (Phi) is 1.93. The lowest BCUT2D eigenvalue weighted by Gasteiger charge is -2.31. The molecule has 0 saturated carbocycles. The SMILES string of the molecule is NC1CCC=C2C=C(O)CCC21. The van der Waals surface area contributed by atoms with Crippen molar-refractivity contribution in [2.75, 3.05) is 0 Å². The van der Waals surface area contributed by atoms with Gasteiger partial charge in [-0.15, -0.1) is 0 Å². The van der Waals surface area contributed by atoms with Gasteiger partial charge in [0.2, 0.25) is 0 Å². The summed E-state index contributed by atoms with van der Waals surface area (Å²) in [5, 5.41) is 9.31. The zero-order chi connectivity index (χ0) is 8.55. The lowest BCUT2D eigenvalue weighted by molar-refractivity contribution is 0.330. The van der Waals surface area contributed by atoms with E-state index in [4.69, 9.17) is 5.73 Å². The molecule has 2 aliphatic rings. The van der Waals surface area contributed by atoms with Gasteiger partial charge in [0.15, 0.2) is 0 Å². The van der Waals surface area contributed by atoms with Crippen LogP contribution in [0, 0.1) is 5.92 Å². The molecule has 2 atom stereocenters. The number of allylic oxidation sites excluding steroid dienone is 3. The van der Waals surface area contributed by atoms with E-state index in [2.05, 4.69) is 6.08 Å². The monoisotopic (exact) mass is 165 g/mol. The number of aliphatic hydroxyl groups excluding tert-OH is 1. The summed E-state index contributed by atoms with van der Waals surface area (Å²) in [4.78, 5) is 0. The largest absolute Gasteiger partial charge is 0.512 e. The first kappa shape index (κ1) is 7.87. The molecule has 0 radical (unpaired) electrons. The fourth-order valence-electron chi connectivity index (χ4n) is 2.16. The Labute approximate surface area is 72.8 Å². The zero-order valence-corrected chi connectivity index (χ0v) is 7.16. The van der Waals surface area contributed by atoms with Gasteiger partial charge in [0.25, 0.3) is 0 Å². The van der Waals surface area contributed by atoms with E-state index in [-0.39, 0.29) is 0 Å². The average Bonchev–Trinajstić information content (AvgIpc) is 2.04. The molecule has 0 bridgehead atoms. The van der Waals surface area contributed by atoms with Crippen LogP contribution in [0.15, 0.2) is 23.5 Å². The van der Waals surface area contributed by atoms with Crippen molar-refractivity contribution in [1.29, 1.82) is 0 Å². The minimum Gasteiger partial charge on any atom is -0.512 e. The molecular formula is C10H15NO. The van der Waals surface area contributed by atoms with Crippen LogP contribution in [0.1, 0.15) is 25.7 Å². The summed E-state index contributed by atoms with van der Waals surface area (Å²) in [6, 6.07) is 0.314. The third-order valence-corrected chi connectivity index (χ3v) is 2.87. The van der Waals surface area contributed by atoms with E-state index in [9.17, 15) is 5.11 Å². The van der Waals surface area contributed by atoms with Gasteiger partial charge in [-0.25, -0.2) is 0 Å². The molecule has 2 nitrogen and oxygen atoms in total. The summed E-state index contributed by atoms with van der Waals surface area (Å²) in [5.74, 6) is 1.03. The van der Waals surface area contributed by atoms with Crippen molar-refractivity contribution >= 4 is 0 Å². The highest BCUT2D eigenvalue weighted by Crippen LogP contribution is 2.33. The van der Waals surface area contributed by atoms with E-state index in [1.54, 1.807) is 0 Å². The number of nitrogens with two attached hydrogens (primary N) is 1. The van der Waals surface area contributed by atoms with Crippen molar-refractivity contribution in [2.45, 2.75) is 31.7 Å². The second-order valence-corrected chi connectivity index (χ2v) is 3.73. The molecule has 0 saturated heterocycles. The van der Waals surface area contributed by atoms with E-state index in [1.807, 2.05) is 6.08 Å². The van der Waals surface area contributed by atoms with Crippen LogP contribution < -0.4 is 5.73 Å². The zero-order valence-electron chi connectivity index (χ0n) is 7.16. The van der Waals surface area contributed by atoms with Gasteiger partial charge in [-0.05, 0) is 36.8 Å². The minimum atomic E-state index is 0.314. The second kappa shape index (κ2) is 2.94. The predicted octanol–water partition coefficient (Wildman–Crippen LogP) is 1.89. The molecule has 0 heterocycles. The number of aliphatic hydroxyl groups is 1. The molecular weight excluding hydrogens is 150 g/mol. The Morgan fingerprint density at radius 3 is 3.08 bits per heavy atom. The maximum atomic E-state index is 9.31. The van der Waals surface area contributed by atoms with Crippen molar-refractivity contribution in [2.24, 2.45) is 11.7 Å². The number of hydrogen-bond acceptors (Lipinski definition) is 2. The van der Waals surface area contributed by atoms with Crippen molar-refractivity contribution in [1.82, 2.24) is 0 Å². The summed E-state index contributed by atoms with van der Waals surface area (Å²) < 4.78 is 0. The first-order chi connectivity index (χ1) is 5.77. The van der Waals surface area contributed by atoms with Crippen LogP contribution in [0.25, 0.3) is 0 Å². The van der Waals surface area contributed by atoms with Crippen LogP contribution in [-0.2, 0) is 0 Å². The molecule has 12 heavy (non-hydrogen) atoms. The fourth-order valence-corrected chi connectivity index (χ4v) is 2.16. The van der Waals surface area contributed by atoms with Crippen LogP contribution in [0.5, 0.6) is 0 Å². The van der Waals surface area contributed by atoms with Crippen LogP contribution in [0.4, 0.5) is 0 Å². The van der Waals surface area contributed by atoms with E-state index >= 15 is 0 Å². The van der Waals surface area contributed by atoms with Crippen molar-refractivity contribution in [3.8, 4) is 0 Å². The molecule has 0 fully saturated rings. The van der Waals surface area contributed by atoms with Gasteiger partial charge >= 0.3 is 0 Å². The van der Waals surface area contributed by atoms with Gasteiger partial charge in [-0.2, -0.15) is 0 Å². The van der Waals surface area contributed by atoms with Crippen molar-refractivity contribution in [3.05, 3.63) is 23.5 Å². The summed E-state index contributed by atoms with van der Waals surface area (Å²) in [5.41, 5.74) is 7.24. The molecule has 0 amide bonds. The quantitative estimate of drug-likeness (QED) is 0.575. The number of rotatable bonds is 0. The summed E-state index contributed by atoms with van der Waals surface area (Å²) in [6.45, 7) is 0. The van der Waals surface area contributed by atoms with Crippen LogP contribution in [0.3, 0.4) is 0 Å². The molecule has 0 spiro atoms. The van der Waals surface area contributed by atoms with E-state index in [0.717, 1.165) is 25.7 Å². The normalized spacial score (nSPS) is 35.1. The minimum absolute atomic E-state index is 0.314. The average molecular weight is 165 g/mol. The summed E-state index contributed by atoms with van der Waals surface area (Å²) in [7, 11) is 0. The lowest BCUT2D eigenvalue weighted by atomic mass is 9.78. The Morgan fingerprint density at radius 2 is 2.25 bits per heavy atom. The maximum Gasteiger partial charge on any atom is 0.0925 e. The molecule has 2 aliphatic carbocycles. The second-order valence-electron chi connectivity index (χ2n) is 3.73. The van der Waals surface area contributed by atoms with Gasteiger partial charge in [-0.3, -0.25) is 0 Å². The van der Waals surface area contributed by atoms with Gasteiger partial charge < -0.3 is 10.8 Å². The molecule has 3 N–H and O–H groups in total. The molecule has 66 valence electrons. The molecule has 0 aromatic carbocycles. The highest BCUT2D eigenvalue weighted by Gasteiger charge is 2.26. The Hall–Kier alpha value is -0.760. The number of fused-ring (bicyclic) bond motifs is 1.